The molecule has 14 heavy (non-hydrogen) atoms. The summed E-state index contributed by atoms with van der Waals surface area (Å²) in [6.07, 6.45) is 2.38. The van der Waals surface area contributed by atoms with E-state index in [1.807, 2.05) is 0 Å². The number of rotatable bonds is 4. The minimum Gasteiger partial charge on any atom is -0.377 e. The number of likely N-dealkylation sites (tertiary alicyclic amines) is 1. The highest BCUT2D eigenvalue weighted by molar-refractivity contribution is 4.87. The first kappa shape index (κ1) is 11.5. The van der Waals surface area contributed by atoms with E-state index in [2.05, 4.69) is 24.8 Å². The Hall–Kier alpha value is -0.590. The van der Waals surface area contributed by atoms with Gasteiger partial charge in [-0.3, -0.25) is 0 Å². The molecule has 0 bridgehead atoms. The topological polar surface area (TPSA) is 36.3 Å². The minimum atomic E-state index is 0.289. The second-order valence-corrected chi connectivity index (χ2v) is 4.16. The Balaban J connectivity index is 2.08. The van der Waals surface area contributed by atoms with Crippen LogP contribution in [0.25, 0.3) is 0 Å². The van der Waals surface area contributed by atoms with Crippen LogP contribution in [0.4, 0.5) is 0 Å². The van der Waals surface area contributed by atoms with Crippen LogP contribution in [-0.4, -0.2) is 37.2 Å². The van der Waals surface area contributed by atoms with Crippen molar-refractivity contribution in [3.8, 4) is 6.07 Å². The maximum Gasteiger partial charge on any atom is 0.0656 e. The van der Waals surface area contributed by atoms with Crippen LogP contribution >= 0.6 is 0 Å². The largest absolute Gasteiger partial charge is 0.377 e. The first-order valence-corrected chi connectivity index (χ1v) is 5.46. The number of ether oxygens (including phenoxy) is 1. The van der Waals surface area contributed by atoms with Crippen LogP contribution < -0.4 is 0 Å². The Morgan fingerprint density at radius 3 is 2.57 bits per heavy atom. The van der Waals surface area contributed by atoms with E-state index >= 15 is 0 Å². The molecule has 1 rings (SSSR count). The van der Waals surface area contributed by atoms with E-state index in [9.17, 15) is 0 Å². The molecular weight excluding hydrogens is 176 g/mol. The minimum absolute atomic E-state index is 0.289. The maximum absolute atomic E-state index is 8.73. The van der Waals surface area contributed by atoms with E-state index in [1.54, 1.807) is 0 Å². The van der Waals surface area contributed by atoms with Gasteiger partial charge >= 0.3 is 0 Å². The van der Waals surface area contributed by atoms with Crippen LogP contribution in [0.2, 0.25) is 0 Å². The fraction of sp³-hybridized carbons (Fsp3) is 0.909. The van der Waals surface area contributed by atoms with Crippen molar-refractivity contribution in [3.63, 3.8) is 0 Å². The Labute approximate surface area is 86.6 Å². The van der Waals surface area contributed by atoms with E-state index < -0.39 is 0 Å². The highest BCUT2D eigenvalue weighted by Crippen LogP contribution is 2.15. The molecule has 0 aromatic heterocycles. The first-order valence-electron chi connectivity index (χ1n) is 5.46. The summed E-state index contributed by atoms with van der Waals surface area (Å²) >= 11 is 0. The fourth-order valence-corrected chi connectivity index (χ4v) is 1.70. The summed E-state index contributed by atoms with van der Waals surface area (Å²) in [6, 6.07) is 2.34. The molecule has 0 amide bonds. The molecule has 0 radical (unpaired) electrons. The highest BCUT2D eigenvalue weighted by atomic mass is 16.5. The van der Waals surface area contributed by atoms with Crippen molar-refractivity contribution in [3.05, 3.63) is 0 Å². The quantitative estimate of drug-likeness (QED) is 0.686. The monoisotopic (exact) mass is 196 g/mol. The SMILES string of the molecule is CC(C)OCCN1CCC(C#N)CC1. The molecule has 0 saturated carbocycles. The zero-order valence-corrected chi connectivity index (χ0v) is 9.20. The van der Waals surface area contributed by atoms with Gasteiger partial charge in [-0.05, 0) is 39.8 Å². The van der Waals surface area contributed by atoms with Gasteiger partial charge in [0.25, 0.3) is 0 Å². The maximum atomic E-state index is 8.73. The van der Waals surface area contributed by atoms with E-state index in [0.717, 1.165) is 39.1 Å². The summed E-state index contributed by atoms with van der Waals surface area (Å²) in [5.41, 5.74) is 0. The molecule has 1 aliphatic rings. The van der Waals surface area contributed by atoms with Crippen molar-refractivity contribution in [2.24, 2.45) is 5.92 Å². The van der Waals surface area contributed by atoms with Crippen molar-refractivity contribution >= 4 is 0 Å². The molecule has 1 fully saturated rings. The van der Waals surface area contributed by atoms with Crippen molar-refractivity contribution in [2.45, 2.75) is 32.8 Å². The molecule has 1 heterocycles. The van der Waals surface area contributed by atoms with Gasteiger partial charge in [0, 0.05) is 12.5 Å². The number of nitriles is 1. The van der Waals surface area contributed by atoms with Gasteiger partial charge in [0.05, 0.1) is 18.8 Å². The zero-order valence-electron chi connectivity index (χ0n) is 9.20. The summed E-state index contributed by atoms with van der Waals surface area (Å²) in [5, 5.41) is 8.73. The Kier molecular flexibility index (Phi) is 4.92. The molecule has 0 aromatic rings. The van der Waals surface area contributed by atoms with Gasteiger partial charge < -0.3 is 9.64 Å². The van der Waals surface area contributed by atoms with Gasteiger partial charge in [-0.2, -0.15) is 5.26 Å². The average Bonchev–Trinajstić information content (AvgIpc) is 2.18. The van der Waals surface area contributed by atoms with Gasteiger partial charge in [0.1, 0.15) is 0 Å². The van der Waals surface area contributed by atoms with E-state index in [-0.39, 0.29) is 5.92 Å². The highest BCUT2D eigenvalue weighted by Gasteiger charge is 2.17. The molecular formula is C11H20N2O. The summed E-state index contributed by atoms with van der Waals surface area (Å²) in [6.45, 7) is 8.05. The summed E-state index contributed by atoms with van der Waals surface area (Å²) in [5.74, 6) is 0.289. The predicted octanol–water partition coefficient (Wildman–Crippen LogP) is 1.65. The van der Waals surface area contributed by atoms with Crippen molar-refractivity contribution < 1.29 is 4.74 Å². The second-order valence-electron chi connectivity index (χ2n) is 4.16. The average molecular weight is 196 g/mol. The molecule has 0 aliphatic carbocycles. The van der Waals surface area contributed by atoms with Gasteiger partial charge in [-0.25, -0.2) is 0 Å². The van der Waals surface area contributed by atoms with Gasteiger partial charge in [0.2, 0.25) is 0 Å². The fourth-order valence-electron chi connectivity index (χ4n) is 1.70. The third-order valence-electron chi connectivity index (χ3n) is 2.63. The molecule has 80 valence electrons. The molecule has 0 atom stereocenters. The predicted molar refractivity (Wildman–Crippen MR) is 55.9 cm³/mol. The molecule has 1 saturated heterocycles. The summed E-state index contributed by atoms with van der Waals surface area (Å²) in [4.78, 5) is 2.39. The molecule has 3 nitrogen and oxygen atoms in total. The summed E-state index contributed by atoms with van der Waals surface area (Å²) < 4.78 is 5.49. The molecule has 0 N–H and O–H groups in total. The first-order chi connectivity index (χ1) is 6.72. The molecule has 0 aromatic carbocycles. The standard InChI is InChI=1S/C11H20N2O/c1-10(2)14-8-7-13-5-3-11(9-12)4-6-13/h10-11H,3-8H2,1-2H3. The van der Waals surface area contributed by atoms with Crippen LogP contribution in [0.3, 0.4) is 0 Å². The van der Waals surface area contributed by atoms with Crippen LogP contribution in [-0.2, 0) is 4.74 Å². The zero-order chi connectivity index (χ0) is 10.4. The normalized spacial score (nSPS) is 19.9. The van der Waals surface area contributed by atoms with E-state index in [1.165, 1.54) is 0 Å². The molecule has 1 aliphatic heterocycles. The Morgan fingerprint density at radius 1 is 1.43 bits per heavy atom. The van der Waals surface area contributed by atoms with E-state index in [0.29, 0.717) is 6.10 Å². The molecule has 0 spiro atoms. The lowest BCUT2D eigenvalue weighted by atomic mass is 9.99. The Morgan fingerprint density at radius 2 is 2.07 bits per heavy atom. The summed E-state index contributed by atoms with van der Waals surface area (Å²) in [7, 11) is 0. The molecule has 0 unspecified atom stereocenters. The third kappa shape index (κ3) is 4.08. The number of nitrogens with zero attached hydrogens (tertiary/aromatic N) is 2. The number of piperidine rings is 1. The lowest BCUT2D eigenvalue weighted by Crippen LogP contribution is -2.36. The smallest absolute Gasteiger partial charge is 0.0656 e. The van der Waals surface area contributed by atoms with Crippen molar-refractivity contribution in [1.82, 2.24) is 4.90 Å². The van der Waals surface area contributed by atoms with Gasteiger partial charge in [-0.15, -0.1) is 0 Å². The number of hydrogen-bond donors (Lipinski definition) is 0. The lowest BCUT2D eigenvalue weighted by Gasteiger charge is -2.28. The van der Waals surface area contributed by atoms with Crippen LogP contribution in [0, 0.1) is 17.2 Å². The molecule has 3 heteroatoms. The van der Waals surface area contributed by atoms with Crippen LogP contribution in [0.5, 0.6) is 0 Å². The lowest BCUT2D eigenvalue weighted by molar-refractivity contribution is 0.0529. The van der Waals surface area contributed by atoms with Crippen molar-refractivity contribution in [2.75, 3.05) is 26.2 Å². The van der Waals surface area contributed by atoms with Crippen LogP contribution in [0.1, 0.15) is 26.7 Å². The second kappa shape index (κ2) is 6.00. The Bertz CT molecular complexity index is 190. The van der Waals surface area contributed by atoms with Gasteiger partial charge in [0.15, 0.2) is 0 Å². The van der Waals surface area contributed by atoms with Crippen LogP contribution in [0.15, 0.2) is 0 Å². The third-order valence-corrected chi connectivity index (χ3v) is 2.63. The van der Waals surface area contributed by atoms with Crippen molar-refractivity contribution in [1.29, 1.82) is 5.26 Å². The van der Waals surface area contributed by atoms with Gasteiger partial charge in [-0.1, -0.05) is 0 Å². The van der Waals surface area contributed by atoms with E-state index in [4.69, 9.17) is 10.00 Å². The number of hydrogen-bond acceptors (Lipinski definition) is 3.